The van der Waals surface area contributed by atoms with Crippen molar-refractivity contribution < 1.29 is 22.7 Å². The zero-order valence-electron chi connectivity index (χ0n) is 10.4. The van der Waals surface area contributed by atoms with Crippen LogP contribution in [0.4, 0.5) is 0 Å². The monoisotopic (exact) mass is 295 g/mol. The van der Waals surface area contributed by atoms with Crippen molar-refractivity contribution in [1.82, 2.24) is 4.90 Å². The first-order valence-electron chi connectivity index (χ1n) is 5.47. The summed E-state index contributed by atoms with van der Waals surface area (Å²) in [4.78, 5) is 23.9. The number of carbonyl (C=O) groups excluding carboxylic acids is 2. The third kappa shape index (κ3) is 4.85. The molecule has 0 saturated carbocycles. The summed E-state index contributed by atoms with van der Waals surface area (Å²) in [5.74, 6) is -0.134. The Balaban J connectivity index is 2.31. The summed E-state index contributed by atoms with van der Waals surface area (Å²) in [6, 6.07) is 0. The van der Waals surface area contributed by atoms with E-state index in [0.29, 0.717) is 6.42 Å². The highest BCUT2D eigenvalue weighted by molar-refractivity contribution is 8.02. The van der Waals surface area contributed by atoms with Gasteiger partial charge >= 0.3 is 5.97 Å². The summed E-state index contributed by atoms with van der Waals surface area (Å²) in [5.41, 5.74) is 0. The molecule has 1 saturated heterocycles. The Bertz CT molecular complexity index is 420. The van der Waals surface area contributed by atoms with Gasteiger partial charge in [0.2, 0.25) is 5.91 Å². The van der Waals surface area contributed by atoms with Gasteiger partial charge in [0.15, 0.2) is 9.84 Å². The molecule has 1 amide bonds. The van der Waals surface area contributed by atoms with E-state index in [1.165, 1.54) is 30.8 Å². The second-order valence-corrected chi connectivity index (χ2v) is 7.68. The summed E-state index contributed by atoms with van der Waals surface area (Å²) >= 11 is 1.33. The average Bonchev–Trinajstić information content (AvgIpc) is 2.65. The third-order valence-electron chi connectivity index (χ3n) is 2.65. The smallest absolute Gasteiger partial charge is 0.325 e. The molecule has 0 aromatic carbocycles. The van der Waals surface area contributed by atoms with Gasteiger partial charge in [0.05, 0.1) is 24.4 Å². The number of sulfone groups is 1. The number of likely N-dealkylation sites (N-methyl/N-ethyl adjacent to an activating group) is 1. The van der Waals surface area contributed by atoms with E-state index in [9.17, 15) is 18.0 Å². The summed E-state index contributed by atoms with van der Waals surface area (Å²) in [7, 11) is -0.125. The first kappa shape index (κ1) is 15.3. The van der Waals surface area contributed by atoms with Crippen molar-refractivity contribution in [3.8, 4) is 0 Å². The Morgan fingerprint density at radius 3 is 2.61 bits per heavy atom. The molecule has 1 fully saturated rings. The topological polar surface area (TPSA) is 80.8 Å². The van der Waals surface area contributed by atoms with Crippen molar-refractivity contribution in [2.24, 2.45) is 0 Å². The van der Waals surface area contributed by atoms with Crippen LogP contribution in [0.2, 0.25) is 0 Å². The normalized spacial score (nSPS) is 21.6. The van der Waals surface area contributed by atoms with Crippen LogP contribution < -0.4 is 0 Å². The SMILES string of the molecule is COC(=O)CN(C)C(=O)CSC1CCS(=O)(=O)C1. The van der Waals surface area contributed by atoms with Gasteiger partial charge in [0.25, 0.3) is 0 Å². The van der Waals surface area contributed by atoms with Crippen molar-refractivity contribution in [2.75, 3.05) is 38.0 Å². The van der Waals surface area contributed by atoms with Crippen LogP contribution in [0.1, 0.15) is 6.42 Å². The predicted octanol–water partition coefficient (Wildman–Crippen LogP) is -0.462. The summed E-state index contributed by atoms with van der Waals surface area (Å²) < 4.78 is 26.9. The fraction of sp³-hybridized carbons (Fsp3) is 0.800. The molecule has 1 rings (SSSR count). The number of nitrogens with zero attached hydrogens (tertiary/aromatic N) is 1. The summed E-state index contributed by atoms with van der Waals surface area (Å²) in [5, 5.41) is -0.00882. The number of hydrogen-bond donors (Lipinski definition) is 0. The van der Waals surface area contributed by atoms with E-state index >= 15 is 0 Å². The molecule has 0 bridgehead atoms. The van der Waals surface area contributed by atoms with Crippen LogP contribution in [-0.4, -0.2) is 68.4 Å². The lowest BCUT2D eigenvalue weighted by molar-refractivity contribution is -0.145. The first-order chi connectivity index (χ1) is 8.34. The van der Waals surface area contributed by atoms with Crippen LogP contribution in [0.25, 0.3) is 0 Å². The Labute approximate surface area is 111 Å². The molecule has 0 aromatic heterocycles. The van der Waals surface area contributed by atoms with Gasteiger partial charge in [0.1, 0.15) is 6.54 Å². The number of esters is 1. The van der Waals surface area contributed by atoms with E-state index in [1.807, 2.05) is 0 Å². The molecule has 1 aliphatic rings. The number of carbonyl (C=O) groups is 2. The Morgan fingerprint density at radius 1 is 1.44 bits per heavy atom. The van der Waals surface area contributed by atoms with Crippen LogP contribution in [0, 0.1) is 0 Å². The van der Waals surface area contributed by atoms with Crippen LogP contribution in [0.15, 0.2) is 0 Å². The molecule has 8 heteroatoms. The number of ether oxygens (including phenoxy) is 1. The molecule has 0 aliphatic carbocycles. The Hall–Kier alpha value is -0.760. The van der Waals surface area contributed by atoms with Crippen LogP contribution in [-0.2, 0) is 24.2 Å². The predicted molar refractivity (Wildman–Crippen MR) is 69.2 cm³/mol. The van der Waals surface area contributed by atoms with Crippen molar-refractivity contribution in [1.29, 1.82) is 0 Å². The van der Waals surface area contributed by atoms with Gasteiger partial charge in [-0.1, -0.05) is 0 Å². The zero-order chi connectivity index (χ0) is 13.8. The standard InChI is InChI=1S/C10H17NO5S2/c1-11(5-10(13)16-2)9(12)6-17-8-3-4-18(14,15)7-8/h8H,3-7H2,1-2H3. The van der Waals surface area contributed by atoms with E-state index in [4.69, 9.17) is 0 Å². The van der Waals surface area contributed by atoms with Gasteiger partial charge < -0.3 is 9.64 Å². The molecule has 6 nitrogen and oxygen atoms in total. The molecule has 0 aromatic rings. The highest BCUT2D eigenvalue weighted by atomic mass is 32.2. The molecule has 1 atom stereocenters. The minimum atomic E-state index is -2.91. The molecule has 1 aliphatic heterocycles. The van der Waals surface area contributed by atoms with Crippen molar-refractivity contribution >= 4 is 33.5 Å². The van der Waals surface area contributed by atoms with E-state index < -0.39 is 15.8 Å². The number of methoxy groups -OCH3 is 1. The van der Waals surface area contributed by atoms with Gasteiger partial charge in [-0.2, -0.15) is 0 Å². The first-order valence-corrected chi connectivity index (χ1v) is 8.34. The fourth-order valence-corrected chi connectivity index (χ4v) is 5.12. The van der Waals surface area contributed by atoms with Gasteiger partial charge in [-0.05, 0) is 6.42 Å². The molecular weight excluding hydrogens is 278 g/mol. The van der Waals surface area contributed by atoms with E-state index in [0.717, 1.165) is 0 Å². The second-order valence-electron chi connectivity index (χ2n) is 4.16. The molecule has 0 spiro atoms. The van der Waals surface area contributed by atoms with Gasteiger partial charge in [0, 0.05) is 12.3 Å². The molecule has 0 radical (unpaired) electrons. The van der Waals surface area contributed by atoms with Crippen molar-refractivity contribution in [3.63, 3.8) is 0 Å². The van der Waals surface area contributed by atoms with Crippen LogP contribution >= 0.6 is 11.8 Å². The molecule has 104 valence electrons. The summed E-state index contributed by atoms with van der Waals surface area (Å²) in [6.07, 6.45) is 0.598. The zero-order valence-corrected chi connectivity index (χ0v) is 12.1. The number of rotatable bonds is 5. The quantitative estimate of drug-likeness (QED) is 0.638. The van der Waals surface area contributed by atoms with Gasteiger partial charge in [-0.3, -0.25) is 9.59 Å². The Morgan fingerprint density at radius 2 is 2.11 bits per heavy atom. The fourth-order valence-electron chi connectivity index (χ4n) is 1.54. The minimum absolute atomic E-state index is 0.00882. The maximum atomic E-state index is 11.7. The van der Waals surface area contributed by atoms with Gasteiger partial charge in [-0.25, -0.2) is 8.42 Å². The second kappa shape index (κ2) is 6.42. The largest absolute Gasteiger partial charge is 0.468 e. The molecule has 18 heavy (non-hydrogen) atoms. The molecule has 1 unspecified atom stereocenters. The number of thioether (sulfide) groups is 1. The minimum Gasteiger partial charge on any atom is -0.468 e. The molecular formula is C10H17NO5S2. The lowest BCUT2D eigenvalue weighted by Crippen LogP contribution is -2.34. The lowest BCUT2D eigenvalue weighted by atomic mass is 10.4. The Kier molecular flexibility index (Phi) is 5.46. The maximum absolute atomic E-state index is 11.7. The van der Waals surface area contributed by atoms with E-state index in [1.54, 1.807) is 0 Å². The summed E-state index contributed by atoms with van der Waals surface area (Å²) in [6.45, 7) is -0.0845. The highest BCUT2D eigenvalue weighted by Gasteiger charge is 2.28. The van der Waals surface area contributed by atoms with Gasteiger partial charge in [-0.15, -0.1) is 11.8 Å². The van der Waals surface area contributed by atoms with E-state index in [2.05, 4.69) is 4.74 Å². The van der Waals surface area contributed by atoms with Crippen LogP contribution in [0.3, 0.4) is 0 Å². The van der Waals surface area contributed by atoms with Crippen LogP contribution in [0.5, 0.6) is 0 Å². The highest BCUT2D eigenvalue weighted by Crippen LogP contribution is 2.24. The third-order valence-corrected chi connectivity index (χ3v) is 5.92. The van der Waals surface area contributed by atoms with E-state index in [-0.39, 0.29) is 35.0 Å². The maximum Gasteiger partial charge on any atom is 0.325 e. The number of amides is 1. The molecule has 1 heterocycles. The molecule has 0 N–H and O–H groups in total. The van der Waals surface area contributed by atoms with Crippen molar-refractivity contribution in [3.05, 3.63) is 0 Å². The number of hydrogen-bond acceptors (Lipinski definition) is 6. The van der Waals surface area contributed by atoms with Crippen molar-refractivity contribution in [2.45, 2.75) is 11.7 Å². The average molecular weight is 295 g/mol. The lowest BCUT2D eigenvalue weighted by Gasteiger charge is -2.16.